The van der Waals surface area contributed by atoms with Crippen molar-refractivity contribution in [2.24, 2.45) is 5.73 Å². The molecule has 2 rings (SSSR count). The summed E-state index contributed by atoms with van der Waals surface area (Å²) in [4.78, 5) is 2.43. The minimum Gasteiger partial charge on any atom is -0.377 e. The molecule has 0 radical (unpaired) electrons. The smallest absolute Gasteiger partial charge is 0.0702 e. The van der Waals surface area contributed by atoms with Crippen LogP contribution in [0.5, 0.6) is 0 Å². The summed E-state index contributed by atoms with van der Waals surface area (Å²) in [5.41, 5.74) is 5.82. The van der Waals surface area contributed by atoms with Gasteiger partial charge in [-0.15, -0.1) is 0 Å². The van der Waals surface area contributed by atoms with E-state index in [-0.39, 0.29) is 0 Å². The van der Waals surface area contributed by atoms with E-state index in [1.165, 1.54) is 19.4 Å². The highest BCUT2D eigenvalue weighted by molar-refractivity contribution is 4.80. The van der Waals surface area contributed by atoms with Crippen molar-refractivity contribution in [3.8, 4) is 0 Å². The minimum atomic E-state index is 0.409. The van der Waals surface area contributed by atoms with Crippen LogP contribution in [0.4, 0.5) is 0 Å². The average molecular weight is 170 g/mol. The summed E-state index contributed by atoms with van der Waals surface area (Å²) in [7, 11) is 0. The number of nitrogens with two attached hydrogens (primary N) is 1. The van der Waals surface area contributed by atoms with Crippen LogP contribution in [-0.2, 0) is 4.74 Å². The van der Waals surface area contributed by atoms with Gasteiger partial charge < -0.3 is 10.5 Å². The Bertz CT molecular complexity index is 145. The zero-order valence-corrected chi connectivity index (χ0v) is 7.54. The fourth-order valence-corrected chi connectivity index (χ4v) is 2.10. The minimum absolute atomic E-state index is 0.409. The molecule has 2 aliphatic rings. The van der Waals surface area contributed by atoms with E-state index in [1.54, 1.807) is 0 Å². The lowest BCUT2D eigenvalue weighted by molar-refractivity contribution is 0.0804. The zero-order chi connectivity index (χ0) is 8.39. The Labute approximate surface area is 73.9 Å². The highest BCUT2D eigenvalue weighted by Gasteiger charge is 2.24. The summed E-state index contributed by atoms with van der Waals surface area (Å²) >= 11 is 0. The Hall–Kier alpha value is -0.120. The van der Waals surface area contributed by atoms with Gasteiger partial charge in [-0.05, 0) is 25.8 Å². The number of nitrogens with zero attached hydrogens (tertiary/aromatic N) is 1. The molecule has 2 atom stereocenters. The van der Waals surface area contributed by atoms with E-state index >= 15 is 0 Å². The number of likely N-dealkylation sites (tertiary alicyclic amines) is 1. The number of hydrogen-bond acceptors (Lipinski definition) is 3. The quantitative estimate of drug-likeness (QED) is 0.643. The van der Waals surface area contributed by atoms with Gasteiger partial charge in [0.05, 0.1) is 6.10 Å². The molecule has 2 saturated heterocycles. The van der Waals surface area contributed by atoms with Crippen molar-refractivity contribution in [1.29, 1.82) is 0 Å². The molecule has 0 aliphatic carbocycles. The van der Waals surface area contributed by atoms with Crippen molar-refractivity contribution in [3.63, 3.8) is 0 Å². The van der Waals surface area contributed by atoms with Crippen molar-refractivity contribution < 1.29 is 4.74 Å². The molecule has 0 saturated carbocycles. The molecule has 0 spiro atoms. The van der Waals surface area contributed by atoms with E-state index in [2.05, 4.69) is 4.90 Å². The van der Waals surface area contributed by atoms with Crippen LogP contribution in [0.25, 0.3) is 0 Å². The van der Waals surface area contributed by atoms with Crippen molar-refractivity contribution in [1.82, 2.24) is 4.90 Å². The Balaban J connectivity index is 1.72. The van der Waals surface area contributed by atoms with E-state index in [4.69, 9.17) is 10.5 Å². The second-order valence-corrected chi connectivity index (χ2v) is 3.94. The normalized spacial score (nSPS) is 37.8. The summed E-state index contributed by atoms with van der Waals surface area (Å²) < 4.78 is 5.57. The molecule has 2 fully saturated rings. The third kappa shape index (κ3) is 1.97. The second-order valence-electron chi connectivity index (χ2n) is 3.94. The Kier molecular flexibility index (Phi) is 2.63. The number of rotatable bonds is 2. The van der Waals surface area contributed by atoms with E-state index in [0.717, 1.165) is 26.1 Å². The van der Waals surface area contributed by atoms with Gasteiger partial charge in [-0.2, -0.15) is 0 Å². The van der Waals surface area contributed by atoms with Crippen LogP contribution in [0.2, 0.25) is 0 Å². The molecule has 0 aromatic heterocycles. The van der Waals surface area contributed by atoms with Gasteiger partial charge in [0.1, 0.15) is 0 Å². The molecule has 2 aliphatic heterocycles. The average Bonchev–Trinajstić information content (AvgIpc) is 2.63. The first-order valence-electron chi connectivity index (χ1n) is 4.94. The summed E-state index contributed by atoms with van der Waals surface area (Å²) in [5.74, 6) is 0. The molecule has 1 unspecified atom stereocenters. The Morgan fingerprint density at radius 3 is 2.92 bits per heavy atom. The summed E-state index contributed by atoms with van der Waals surface area (Å²) in [5, 5.41) is 0. The van der Waals surface area contributed by atoms with Gasteiger partial charge in [0.25, 0.3) is 0 Å². The van der Waals surface area contributed by atoms with Crippen LogP contribution in [0, 0.1) is 0 Å². The third-order valence-corrected chi connectivity index (χ3v) is 2.79. The third-order valence-electron chi connectivity index (χ3n) is 2.79. The standard InChI is InChI=1S/C9H18N2O/c10-8-3-4-11(6-8)7-9-2-1-5-12-9/h8-9H,1-7,10H2/t8-,9?/m1/s1. The predicted molar refractivity (Wildman–Crippen MR) is 48.0 cm³/mol. The van der Waals surface area contributed by atoms with Crippen molar-refractivity contribution in [3.05, 3.63) is 0 Å². The van der Waals surface area contributed by atoms with Crippen LogP contribution >= 0.6 is 0 Å². The molecule has 12 heavy (non-hydrogen) atoms. The molecule has 2 heterocycles. The maximum Gasteiger partial charge on any atom is 0.0702 e. The van der Waals surface area contributed by atoms with Crippen molar-refractivity contribution in [2.45, 2.75) is 31.4 Å². The molecule has 70 valence electrons. The van der Waals surface area contributed by atoms with Gasteiger partial charge in [0, 0.05) is 25.7 Å². The molecule has 0 amide bonds. The predicted octanol–water partition coefficient (Wildman–Crippen LogP) is 0.198. The Morgan fingerprint density at radius 1 is 1.42 bits per heavy atom. The van der Waals surface area contributed by atoms with Crippen molar-refractivity contribution in [2.75, 3.05) is 26.2 Å². The van der Waals surface area contributed by atoms with E-state index < -0.39 is 0 Å². The first-order chi connectivity index (χ1) is 5.84. The summed E-state index contributed by atoms with van der Waals surface area (Å²) in [6.45, 7) is 4.30. The molecule has 3 heteroatoms. The van der Waals surface area contributed by atoms with Gasteiger partial charge >= 0.3 is 0 Å². The number of ether oxygens (including phenoxy) is 1. The molecule has 0 aromatic rings. The van der Waals surface area contributed by atoms with Crippen LogP contribution in [0.15, 0.2) is 0 Å². The van der Waals surface area contributed by atoms with Crippen molar-refractivity contribution >= 4 is 0 Å². The van der Waals surface area contributed by atoms with E-state index in [0.29, 0.717) is 12.1 Å². The van der Waals surface area contributed by atoms with Gasteiger partial charge in [-0.1, -0.05) is 0 Å². The van der Waals surface area contributed by atoms with Crippen LogP contribution in [-0.4, -0.2) is 43.3 Å². The van der Waals surface area contributed by atoms with Gasteiger partial charge in [0.2, 0.25) is 0 Å². The fraction of sp³-hybridized carbons (Fsp3) is 1.00. The maximum atomic E-state index is 5.82. The highest BCUT2D eigenvalue weighted by Crippen LogP contribution is 2.15. The number of hydrogen-bond donors (Lipinski definition) is 1. The van der Waals surface area contributed by atoms with Gasteiger partial charge in [0.15, 0.2) is 0 Å². The molecular weight excluding hydrogens is 152 g/mol. The second kappa shape index (κ2) is 3.73. The lowest BCUT2D eigenvalue weighted by Crippen LogP contribution is -2.32. The lowest BCUT2D eigenvalue weighted by Gasteiger charge is -2.19. The van der Waals surface area contributed by atoms with E-state index in [1.807, 2.05) is 0 Å². The highest BCUT2D eigenvalue weighted by atomic mass is 16.5. The Morgan fingerprint density at radius 2 is 2.33 bits per heavy atom. The summed E-state index contributed by atoms with van der Waals surface area (Å²) in [6.07, 6.45) is 4.14. The first-order valence-corrected chi connectivity index (χ1v) is 4.94. The van der Waals surface area contributed by atoms with Gasteiger partial charge in [-0.25, -0.2) is 0 Å². The molecule has 2 N–H and O–H groups in total. The molecular formula is C9H18N2O. The SMILES string of the molecule is N[C@@H]1CCN(CC2CCCO2)C1. The van der Waals surface area contributed by atoms with Crippen LogP contribution in [0.3, 0.4) is 0 Å². The van der Waals surface area contributed by atoms with E-state index in [9.17, 15) is 0 Å². The molecule has 3 nitrogen and oxygen atoms in total. The van der Waals surface area contributed by atoms with Crippen LogP contribution in [0.1, 0.15) is 19.3 Å². The van der Waals surface area contributed by atoms with Gasteiger partial charge in [-0.3, -0.25) is 4.90 Å². The largest absolute Gasteiger partial charge is 0.377 e. The lowest BCUT2D eigenvalue weighted by atomic mass is 10.2. The molecule has 0 aromatic carbocycles. The monoisotopic (exact) mass is 170 g/mol. The summed E-state index contributed by atoms with van der Waals surface area (Å²) in [6, 6.07) is 0.409. The fourth-order valence-electron chi connectivity index (χ4n) is 2.10. The first kappa shape index (κ1) is 8.48. The topological polar surface area (TPSA) is 38.5 Å². The zero-order valence-electron chi connectivity index (χ0n) is 7.54. The maximum absolute atomic E-state index is 5.82. The van der Waals surface area contributed by atoms with Crippen LogP contribution < -0.4 is 5.73 Å². The molecule has 0 bridgehead atoms.